The molecular formula is C28H37BF5N5O4. The first-order valence-corrected chi connectivity index (χ1v) is 13.8. The Morgan fingerprint density at radius 2 is 1.63 bits per heavy atom. The lowest BCUT2D eigenvalue weighted by Gasteiger charge is -2.23. The van der Waals surface area contributed by atoms with Crippen LogP contribution in [0.5, 0.6) is 0 Å². The van der Waals surface area contributed by atoms with Gasteiger partial charge in [0.1, 0.15) is 0 Å². The standard InChI is InChI=1S/C28H37BF5N5O4/c1-29(43)20-14-18(26(31)21(30)16-20)15-24(40)23(8-4-17-2-5-19(6-3-17)28(32,33)34)38-27(42)22(37)7-9-25(41)39(12-10-35)13-11-36/h2-3,5-6,14,16,22-23,43H,4,7-13,15,35-37H2,1H3,(H,38,42)/t22-,23+/m0/s1. The number of ketones is 1. The predicted octanol–water partition coefficient (Wildman–Crippen LogP) is 0.887. The van der Waals surface area contributed by atoms with Crippen molar-refractivity contribution in [1.82, 2.24) is 10.2 Å². The molecule has 2 amide bonds. The molecule has 0 heterocycles. The minimum absolute atomic E-state index is 0.0389. The van der Waals surface area contributed by atoms with Gasteiger partial charge in [-0.1, -0.05) is 25.0 Å². The zero-order chi connectivity index (χ0) is 32.3. The normalized spacial score (nSPS) is 12.9. The van der Waals surface area contributed by atoms with Crippen LogP contribution in [0.25, 0.3) is 0 Å². The van der Waals surface area contributed by atoms with Crippen molar-refractivity contribution < 1.29 is 41.4 Å². The van der Waals surface area contributed by atoms with E-state index in [9.17, 15) is 41.4 Å². The number of aryl methyl sites for hydroxylation is 1. The number of carbonyl (C=O) groups is 3. The third-order valence-corrected chi connectivity index (χ3v) is 6.84. The first-order chi connectivity index (χ1) is 20.2. The zero-order valence-corrected chi connectivity index (χ0v) is 23.8. The number of halogens is 5. The largest absolute Gasteiger partial charge is 0.446 e. The molecule has 0 radical (unpaired) electrons. The number of Topliss-reactive ketones (excluding diaryl/α,β-unsaturated/α-hetero) is 1. The third kappa shape index (κ3) is 11.0. The van der Waals surface area contributed by atoms with Crippen molar-refractivity contribution in [1.29, 1.82) is 0 Å². The fraction of sp³-hybridized carbons (Fsp3) is 0.464. The van der Waals surface area contributed by atoms with E-state index in [1.807, 2.05) is 0 Å². The summed E-state index contributed by atoms with van der Waals surface area (Å²) in [4.78, 5) is 40.1. The molecule has 0 aliphatic heterocycles. The van der Waals surface area contributed by atoms with Crippen molar-refractivity contribution in [2.45, 2.75) is 57.2 Å². The molecule has 0 fully saturated rings. The van der Waals surface area contributed by atoms with Crippen molar-refractivity contribution in [3.8, 4) is 0 Å². The van der Waals surface area contributed by atoms with Crippen molar-refractivity contribution in [2.75, 3.05) is 26.2 Å². The van der Waals surface area contributed by atoms with Crippen LogP contribution in [0.4, 0.5) is 22.0 Å². The molecule has 8 N–H and O–H groups in total. The van der Waals surface area contributed by atoms with E-state index in [0.717, 1.165) is 24.3 Å². The van der Waals surface area contributed by atoms with E-state index in [2.05, 4.69) is 5.32 Å². The van der Waals surface area contributed by atoms with E-state index in [0.29, 0.717) is 5.56 Å². The summed E-state index contributed by atoms with van der Waals surface area (Å²) < 4.78 is 67.5. The Bertz CT molecular complexity index is 1240. The quantitative estimate of drug-likeness (QED) is 0.139. The fourth-order valence-electron chi connectivity index (χ4n) is 4.35. The van der Waals surface area contributed by atoms with Gasteiger partial charge in [-0.2, -0.15) is 13.2 Å². The number of hydrogen-bond donors (Lipinski definition) is 5. The molecule has 2 aromatic carbocycles. The average Bonchev–Trinajstić information content (AvgIpc) is 2.95. The van der Waals surface area contributed by atoms with Gasteiger partial charge in [0.15, 0.2) is 17.4 Å². The topological polar surface area (TPSA) is 165 Å². The molecule has 0 saturated carbocycles. The molecule has 2 atom stereocenters. The first-order valence-electron chi connectivity index (χ1n) is 13.8. The third-order valence-electron chi connectivity index (χ3n) is 6.84. The summed E-state index contributed by atoms with van der Waals surface area (Å²) >= 11 is 0. The maximum absolute atomic E-state index is 14.5. The number of nitrogens with zero attached hydrogens (tertiary/aromatic N) is 1. The Balaban J connectivity index is 2.20. The molecule has 0 spiro atoms. The molecule has 15 heteroatoms. The van der Waals surface area contributed by atoms with E-state index in [1.54, 1.807) is 0 Å². The van der Waals surface area contributed by atoms with Gasteiger partial charge in [-0.05, 0) is 54.1 Å². The van der Waals surface area contributed by atoms with E-state index < -0.39 is 60.5 Å². The monoisotopic (exact) mass is 613 g/mol. The van der Waals surface area contributed by atoms with E-state index in [1.165, 1.54) is 23.9 Å². The summed E-state index contributed by atoms with van der Waals surface area (Å²) in [5, 5.41) is 12.3. The summed E-state index contributed by atoms with van der Waals surface area (Å²) in [5.74, 6) is -4.38. The Kier molecular flexibility index (Phi) is 13.7. The van der Waals surface area contributed by atoms with Crippen molar-refractivity contribution in [3.05, 3.63) is 64.7 Å². The van der Waals surface area contributed by atoms with Gasteiger partial charge in [0, 0.05) is 39.0 Å². The maximum atomic E-state index is 14.5. The summed E-state index contributed by atoms with van der Waals surface area (Å²) in [5.41, 5.74) is 16.3. The number of carbonyl (C=O) groups excluding carboxylic acids is 3. The number of rotatable bonds is 16. The van der Waals surface area contributed by atoms with E-state index >= 15 is 0 Å². The fourth-order valence-corrected chi connectivity index (χ4v) is 4.35. The highest BCUT2D eigenvalue weighted by molar-refractivity contribution is 6.64. The van der Waals surface area contributed by atoms with Gasteiger partial charge in [0.2, 0.25) is 11.8 Å². The lowest BCUT2D eigenvalue weighted by molar-refractivity contribution is -0.137. The molecular weight excluding hydrogens is 576 g/mol. The number of hydrogen-bond acceptors (Lipinski definition) is 7. The molecule has 9 nitrogen and oxygen atoms in total. The second-order valence-corrected chi connectivity index (χ2v) is 10.2. The SMILES string of the molecule is CB(O)c1cc(F)c(F)c(CC(=O)[C@@H](CCc2ccc(C(F)(F)F)cc2)NC(=O)[C@@H](N)CCC(=O)N(CCN)CCN)c1. The molecule has 0 aromatic heterocycles. The summed E-state index contributed by atoms with van der Waals surface area (Å²) in [7, 11) is 0. The van der Waals surface area contributed by atoms with Gasteiger partial charge in [0.25, 0.3) is 0 Å². The second kappa shape index (κ2) is 16.5. The molecule has 0 saturated heterocycles. The summed E-state index contributed by atoms with van der Waals surface area (Å²) in [6, 6.07) is 3.70. The van der Waals surface area contributed by atoms with Crippen molar-refractivity contribution in [3.63, 3.8) is 0 Å². The molecule has 2 rings (SSSR count). The summed E-state index contributed by atoms with van der Waals surface area (Å²) in [6.45, 7) is 1.15. The van der Waals surface area contributed by atoms with Gasteiger partial charge in [-0.3, -0.25) is 14.4 Å². The van der Waals surface area contributed by atoms with Crippen LogP contribution in [-0.4, -0.2) is 72.7 Å². The minimum atomic E-state index is -4.53. The molecule has 0 bridgehead atoms. The predicted molar refractivity (Wildman–Crippen MR) is 152 cm³/mol. The molecule has 0 unspecified atom stereocenters. The van der Waals surface area contributed by atoms with Crippen LogP contribution in [0.3, 0.4) is 0 Å². The van der Waals surface area contributed by atoms with E-state index in [-0.39, 0.29) is 68.8 Å². The van der Waals surface area contributed by atoms with Crippen LogP contribution in [-0.2, 0) is 33.4 Å². The minimum Gasteiger partial charge on any atom is -0.446 e. The highest BCUT2D eigenvalue weighted by atomic mass is 19.4. The van der Waals surface area contributed by atoms with Crippen LogP contribution >= 0.6 is 0 Å². The Morgan fingerprint density at radius 3 is 2.16 bits per heavy atom. The lowest BCUT2D eigenvalue weighted by Crippen LogP contribution is -2.49. The van der Waals surface area contributed by atoms with Crippen LogP contribution in [0.2, 0.25) is 6.82 Å². The second-order valence-electron chi connectivity index (χ2n) is 10.2. The Morgan fingerprint density at radius 1 is 1.02 bits per heavy atom. The highest BCUT2D eigenvalue weighted by Gasteiger charge is 2.30. The van der Waals surface area contributed by atoms with Gasteiger partial charge in [-0.25, -0.2) is 8.78 Å². The zero-order valence-electron chi connectivity index (χ0n) is 23.8. The number of nitrogens with one attached hydrogen (secondary N) is 1. The van der Waals surface area contributed by atoms with Gasteiger partial charge >= 0.3 is 13.1 Å². The molecule has 236 valence electrons. The average molecular weight is 613 g/mol. The van der Waals surface area contributed by atoms with Crippen LogP contribution in [0, 0.1) is 11.6 Å². The maximum Gasteiger partial charge on any atom is 0.416 e. The van der Waals surface area contributed by atoms with Crippen LogP contribution < -0.4 is 28.0 Å². The Hall–Kier alpha value is -3.40. The number of benzene rings is 2. The van der Waals surface area contributed by atoms with Gasteiger partial charge < -0.3 is 32.4 Å². The highest BCUT2D eigenvalue weighted by Crippen LogP contribution is 2.29. The number of amides is 2. The molecule has 2 aromatic rings. The van der Waals surface area contributed by atoms with Crippen molar-refractivity contribution >= 4 is 30.0 Å². The molecule has 0 aliphatic carbocycles. The van der Waals surface area contributed by atoms with Crippen LogP contribution in [0.15, 0.2) is 36.4 Å². The van der Waals surface area contributed by atoms with Crippen molar-refractivity contribution in [2.24, 2.45) is 17.2 Å². The van der Waals surface area contributed by atoms with Crippen LogP contribution in [0.1, 0.15) is 36.0 Å². The van der Waals surface area contributed by atoms with Gasteiger partial charge in [-0.15, -0.1) is 0 Å². The Labute approximate surface area is 247 Å². The first kappa shape index (κ1) is 35.8. The number of nitrogens with two attached hydrogens (primary N) is 3. The van der Waals surface area contributed by atoms with E-state index in [4.69, 9.17) is 17.2 Å². The lowest BCUT2D eigenvalue weighted by atomic mass is 9.64. The summed E-state index contributed by atoms with van der Waals surface area (Å²) in [6.07, 6.45) is -5.40. The smallest absolute Gasteiger partial charge is 0.416 e. The molecule has 43 heavy (non-hydrogen) atoms. The number of alkyl halides is 3. The molecule has 0 aliphatic rings. The van der Waals surface area contributed by atoms with Gasteiger partial charge in [0.05, 0.1) is 17.6 Å².